The molecule has 1 aliphatic heterocycles. The zero-order chi connectivity index (χ0) is 22.5. The molecular formula is C25H31N3O3S. The summed E-state index contributed by atoms with van der Waals surface area (Å²) in [6, 6.07) is 12.0. The van der Waals surface area contributed by atoms with Crippen molar-refractivity contribution < 1.29 is 14.3 Å². The molecule has 1 saturated heterocycles. The van der Waals surface area contributed by atoms with Crippen LogP contribution in [0.1, 0.15) is 23.1 Å². The monoisotopic (exact) mass is 453 g/mol. The number of ether oxygens (including phenoxy) is 2. The quantitative estimate of drug-likeness (QED) is 0.507. The van der Waals surface area contributed by atoms with E-state index in [9.17, 15) is 4.79 Å². The molecule has 0 aliphatic carbocycles. The number of aromatic nitrogens is 1. The predicted octanol–water partition coefficient (Wildman–Crippen LogP) is 4.36. The highest BCUT2D eigenvalue weighted by atomic mass is 32.1. The van der Waals surface area contributed by atoms with Crippen molar-refractivity contribution in [2.45, 2.75) is 27.2 Å². The van der Waals surface area contributed by atoms with Gasteiger partial charge in [-0.3, -0.25) is 14.6 Å². The molecule has 2 heterocycles. The highest BCUT2D eigenvalue weighted by Crippen LogP contribution is 2.33. The molecule has 0 atom stereocenters. The first-order valence-electron chi connectivity index (χ1n) is 11.2. The second kappa shape index (κ2) is 10.4. The molecule has 4 rings (SSSR count). The molecule has 0 bridgehead atoms. The van der Waals surface area contributed by atoms with Crippen LogP contribution < -0.4 is 9.64 Å². The topological polar surface area (TPSA) is 54.9 Å². The second-order valence-electron chi connectivity index (χ2n) is 8.33. The van der Waals surface area contributed by atoms with Crippen LogP contribution in [0.4, 0.5) is 5.13 Å². The van der Waals surface area contributed by atoms with Crippen molar-refractivity contribution in [3.8, 4) is 5.75 Å². The number of morpholine rings is 1. The molecule has 0 saturated carbocycles. The summed E-state index contributed by atoms with van der Waals surface area (Å²) in [6.07, 6.45) is 0.879. The minimum atomic E-state index is -0.0668. The Kier molecular flexibility index (Phi) is 7.40. The van der Waals surface area contributed by atoms with Gasteiger partial charge in [0.2, 0.25) is 0 Å². The van der Waals surface area contributed by atoms with Gasteiger partial charge in [-0.15, -0.1) is 0 Å². The van der Waals surface area contributed by atoms with Crippen LogP contribution in [0.5, 0.6) is 5.75 Å². The molecule has 7 heteroatoms. The third kappa shape index (κ3) is 5.46. The summed E-state index contributed by atoms with van der Waals surface area (Å²) in [5.74, 6) is 0.644. The largest absolute Gasteiger partial charge is 0.484 e. The molecular weight excluding hydrogens is 422 g/mol. The number of amides is 1. The van der Waals surface area contributed by atoms with Crippen LogP contribution in [0.15, 0.2) is 36.4 Å². The highest BCUT2D eigenvalue weighted by molar-refractivity contribution is 7.22. The maximum absolute atomic E-state index is 13.3. The molecule has 2 aromatic carbocycles. The minimum absolute atomic E-state index is 0.00506. The van der Waals surface area contributed by atoms with E-state index in [1.807, 2.05) is 31.2 Å². The SMILES string of the molecule is Cc1cccc(OCC(=O)N(CCCN2CCOCC2)c2nc3c(C)ccc(C)c3s2)c1. The van der Waals surface area contributed by atoms with Gasteiger partial charge >= 0.3 is 0 Å². The summed E-state index contributed by atoms with van der Waals surface area (Å²) >= 11 is 1.59. The molecule has 170 valence electrons. The summed E-state index contributed by atoms with van der Waals surface area (Å²) in [5.41, 5.74) is 4.40. The van der Waals surface area contributed by atoms with Gasteiger partial charge in [-0.1, -0.05) is 35.6 Å². The smallest absolute Gasteiger partial charge is 0.266 e. The number of hydrogen-bond acceptors (Lipinski definition) is 6. The van der Waals surface area contributed by atoms with E-state index >= 15 is 0 Å². The zero-order valence-electron chi connectivity index (χ0n) is 19.1. The van der Waals surface area contributed by atoms with Gasteiger partial charge in [0.15, 0.2) is 11.7 Å². The molecule has 0 radical (unpaired) electrons. The second-order valence-corrected chi connectivity index (χ2v) is 9.31. The number of carbonyl (C=O) groups is 1. The van der Waals surface area contributed by atoms with E-state index < -0.39 is 0 Å². The maximum atomic E-state index is 13.3. The summed E-state index contributed by atoms with van der Waals surface area (Å²) in [4.78, 5) is 22.3. The molecule has 32 heavy (non-hydrogen) atoms. The Labute approximate surface area is 193 Å². The number of anilines is 1. The molecule has 0 N–H and O–H groups in total. The van der Waals surface area contributed by atoms with E-state index in [0.29, 0.717) is 12.3 Å². The number of thiazole rings is 1. The van der Waals surface area contributed by atoms with Crippen molar-refractivity contribution >= 4 is 32.6 Å². The Bertz CT molecular complexity index is 1040. The lowest BCUT2D eigenvalue weighted by Crippen LogP contribution is -2.40. The van der Waals surface area contributed by atoms with Crippen LogP contribution in [-0.2, 0) is 9.53 Å². The molecule has 0 spiro atoms. The molecule has 3 aromatic rings. The number of fused-ring (bicyclic) bond motifs is 1. The van der Waals surface area contributed by atoms with Gasteiger partial charge in [-0.05, 0) is 56.0 Å². The van der Waals surface area contributed by atoms with Crippen molar-refractivity contribution in [3.63, 3.8) is 0 Å². The van der Waals surface area contributed by atoms with Crippen LogP contribution in [0.3, 0.4) is 0 Å². The molecule has 6 nitrogen and oxygen atoms in total. The van der Waals surface area contributed by atoms with E-state index in [-0.39, 0.29) is 12.5 Å². The van der Waals surface area contributed by atoms with Gasteiger partial charge < -0.3 is 9.47 Å². The Morgan fingerprint density at radius 2 is 1.94 bits per heavy atom. The van der Waals surface area contributed by atoms with E-state index in [1.165, 1.54) is 5.56 Å². The Balaban J connectivity index is 1.51. The Morgan fingerprint density at radius 1 is 1.16 bits per heavy atom. The Morgan fingerprint density at radius 3 is 2.69 bits per heavy atom. The standard InChI is InChI=1S/C25H31N3O3S/c1-18-6-4-7-21(16-18)31-17-22(29)28(11-5-10-27-12-14-30-15-13-27)25-26-23-19(2)8-9-20(3)24(23)32-25/h4,6-9,16H,5,10-15,17H2,1-3H3. The Hall–Kier alpha value is -2.48. The number of carbonyl (C=O) groups excluding carboxylic acids is 1. The number of aryl methyl sites for hydroxylation is 3. The van der Waals surface area contributed by atoms with Gasteiger partial charge in [-0.25, -0.2) is 4.98 Å². The van der Waals surface area contributed by atoms with Crippen LogP contribution in [0.2, 0.25) is 0 Å². The molecule has 1 amide bonds. The lowest BCUT2D eigenvalue weighted by Gasteiger charge is -2.27. The molecule has 1 fully saturated rings. The van der Waals surface area contributed by atoms with Crippen molar-refractivity contribution in [3.05, 3.63) is 53.1 Å². The van der Waals surface area contributed by atoms with Crippen LogP contribution in [0.25, 0.3) is 10.2 Å². The van der Waals surface area contributed by atoms with E-state index in [1.54, 1.807) is 16.2 Å². The van der Waals surface area contributed by atoms with Crippen LogP contribution in [-0.4, -0.2) is 61.8 Å². The average Bonchev–Trinajstić information content (AvgIpc) is 3.25. The fraction of sp³-hybridized carbons (Fsp3) is 0.440. The molecule has 1 aliphatic rings. The number of benzene rings is 2. The van der Waals surface area contributed by atoms with E-state index in [0.717, 1.165) is 65.7 Å². The fourth-order valence-corrected chi connectivity index (χ4v) is 5.05. The lowest BCUT2D eigenvalue weighted by molar-refractivity contribution is -0.120. The normalized spacial score (nSPS) is 14.6. The van der Waals surface area contributed by atoms with Crippen molar-refractivity contribution in [2.24, 2.45) is 0 Å². The van der Waals surface area contributed by atoms with Crippen LogP contribution in [0, 0.1) is 20.8 Å². The number of hydrogen-bond donors (Lipinski definition) is 0. The molecule has 0 unspecified atom stereocenters. The average molecular weight is 454 g/mol. The first-order chi connectivity index (χ1) is 15.5. The highest BCUT2D eigenvalue weighted by Gasteiger charge is 2.22. The van der Waals surface area contributed by atoms with Crippen LogP contribution >= 0.6 is 11.3 Å². The first-order valence-corrected chi connectivity index (χ1v) is 12.0. The van der Waals surface area contributed by atoms with Gasteiger partial charge in [0, 0.05) is 26.2 Å². The molecule has 1 aromatic heterocycles. The number of rotatable bonds is 8. The third-order valence-electron chi connectivity index (χ3n) is 5.77. The van der Waals surface area contributed by atoms with E-state index in [2.05, 4.69) is 30.9 Å². The van der Waals surface area contributed by atoms with Crippen molar-refractivity contribution in [2.75, 3.05) is 50.9 Å². The van der Waals surface area contributed by atoms with E-state index in [4.69, 9.17) is 14.5 Å². The predicted molar refractivity (Wildman–Crippen MR) is 130 cm³/mol. The van der Waals surface area contributed by atoms with Gasteiger partial charge in [0.05, 0.1) is 23.4 Å². The summed E-state index contributed by atoms with van der Waals surface area (Å²) < 4.78 is 12.4. The van der Waals surface area contributed by atoms with Gasteiger partial charge in [0.1, 0.15) is 5.75 Å². The van der Waals surface area contributed by atoms with Crippen molar-refractivity contribution in [1.82, 2.24) is 9.88 Å². The maximum Gasteiger partial charge on any atom is 0.266 e. The summed E-state index contributed by atoms with van der Waals surface area (Å²) in [6.45, 7) is 11.2. The zero-order valence-corrected chi connectivity index (χ0v) is 19.9. The summed E-state index contributed by atoms with van der Waals surface area (Å²) in [5, 5.41) is 0.747. The number of nitrogens with zero attached hydrogens (tertiary/aromatic N) is 3. The van der Waals surface area contributed by atoms with Crippen molar-refractivity contribution in [1.29, 1.82) is 0 Å². The fourth-order valence-electron chi connectivity index (χ4n) is 3.90. The van der Waals surface area contributed by atoms with Gasteiger partial charge in [-0.2, -0.15) is 0 Å². The first kappa shape index (κ1) is 22.7. The lowest BCUT2D eigenvalue weighted by atomic mass is 10.1. The summed E-state index contributed by atoms with van der Waals surface area (Å²) in [7, 11) is 0. The third-order valence-corrected chi connectivity index (χ3v) is 6.99. The minimum Gasteiger partial charge on any atom is -0.484 e. The van der Waals surface area contributed by atoms with Gasteiger partial charge in [0.25, 0.3) is 5.91 Å².